The molecule has 0 atom stereocenters. The molecule has 0 unspecified atom stereocenters. The van der Waals surface area contributed by atoms with E-state index < -0.39 is 21.9 Å². The molecule has 0 saturated carbocycles. The Balaban J connectivity index is 1.55. The molecule has 0 saturated heterocycles. The molecule has 0 aliphatic rings. The van der Waals surface area contributed by atoms with Gasteiger partial charge < -0.3 is 14.8 Å². The van der Waals surface area contributed by atoms with Crippen LogP contribution in [-0.2, 0) is 26.1 Å². The first-order chi connectivity index (χ1) is 16.3. The number of anilines is 1. The van der Waals surface area contributed by atoms with Gasteiger partial charge in [0.05, 0.1) is 17.1 Å². The van der Waals surface area contributed by atoms with E-state index in [1.54, 1.807) is 38.1 Å². The highest BCUT2D eigenvalue weighted by atomic mass is 32.2. The van der Waals surface area contributed by atoms with Crippen molar-refractivity contribution in [3.8, 4) is 5.75 Å². The summed E-state index contributed by atoms with van der Waals surface area (Å²) in [5.74, 6) is -0.431. The molecule has 0 aliphatic heterocycles. The summed E-state index contributed by atoms with van der Waals surface area (Å²) in [7, 11) is -3.70. The van der Waals surface area contributed by atoms with Gasteiger partial charge in [0.15, 0.2) is 6.61 Å². The van der Waals surface area contributed by atoms with Crippen molar-refractivity contribution in [1.82, 2.24) is 4.72 Å². The zero-order valence-corrected chi connectivity index (χ0v) is 19.7. The van der Waals surface area contributed by atoms with Crippen LogP contribution in [0.25, 0.3) is 0 Å². The van der Waals surface area contributed by atoms with Crippen LogP contribution in [0, 0.1) is 6.92 Å². The van der Waals surface area contributed by atoms with Crippen molar-refractivity contribution in [1.29, 1.82) is 0 Å². The summed E-state index contributed by atoms with van der Waals surface area (Å²) >= 11 is 0. The first-order valence-electron chi connectivity index (χ1n) is 10.6. The van der Waals surface area contributed by atoms with E-state index in [9.17, 15) is 18.0 Å². The lowest BCUT2D eigenvalue weighted by Crippen LogP contribution is -2.23. The fourth-order valence-electron chi connectivity index (χ4n) is 3.05. The second-order valence-electron chi connectivity index (χ2n) is 7.37. The summed E-state index contributed by atoms with van der Waals surface area (Å²) in [6.07, 6.45) is 0. The number of aryl methyl sites for hydroxylation is 1. The lowest BCUT2D eigenvalue weighted by molar-refractivity contribution is -0.118. The number of benzene rings is 3. The lowest BCUT2D eigenvalue weighted by Gasteiger charge is -2.12. The molecular weight excluding hydrogens is 456 g/mol. The van der Waals surface area contributed by atoms with Crippen molar-refractivity contribution in [2.45, 2.75) is 25.3 Å². The maximum absolute atomic E-state index is 12.6. The van der Waals surface area contributed by atoms with Crippen LogP contribution in [-0.4, -0.2) is 33.5 Å². The molecule has 3 aromatic carbocycles. The van der Waals surface area contributed by atoms with E-state index in [-0.39, 0.29) is 24.7 Å². The van der Waals surface area contributed by atoms with Crippen molar-refractivity contribution in [2.24, 2.45) is 0 Å². The Labute approximate surface area is 199 Å². The van der Waals surface area contributed by atoms with E-state index in [4.69, 9.17) is 9.47 Å². The van der Waals surface area contributed by atoms with Crippen LogP contribution >= 0.6 is 0 Å². The maximum atomic E-state index is 12.6. The zero-order valence-electron chi connectivity index (χ0n) is 18.9. The van der Waals surface area contributed by atoms with Crippen molar-refractivity contribution in [2.75, 3.05) is 18.5 Å². The van der Waals surface area contributed by atoms with Crippen LogP contribution in [0.15, 0.2) is 77.7 Å². The highest BCUT2D eigenvalue weighted by molar-refractivity contribution is 7.89. The van der Waals surface area contributed by atoms with Crippen molar-refractivity contribution in [3.63, 3.8) is 0 Å². The molecule has 2 N–H and O–H groups in total. The Bertz CT molecular complexity index is 1240. The third kappa shape index (κ3) is 6.90. The van der Waals surface area contributed by atoms with Crippen molar-refractivity contribution < 1.29 is 27.5 Å². The number of amides is 1. The second-order valence-corrected chi connectivity index (χ2v) is 9.14. The van der Waals surface area contributed by atoms with Crippen LogP contribution in [0.5, 0.6) is 5.75 Å². The Morgan fingerprint density at radius 3 is 2.29 bits per heavy atom. The van der Waals surface area contributed by atoms with Crippen LogP contribution in [0.1, 0.15) is 28.4 Å². The number of carbonyl (C=O) groups is 2. The topological polar surface area (TPSA) is 111 Å². The molecule has 34 heavy (non-hydrogen) atoms. The standard InChI is InChI=1S/C25H26N2O6S/c1-3-32-25(29)20-9-11-21(12-10-20)27-24(28)17-33-23-14-13-22(15-18(23)2)34(30,31)26-16-19-7-5-4-6-8-19/h4-15,26H,3,16-17H2,1-2H3,(H,27,28). The fraction of sp³-hybridized carbons (Fsp3) is 0.200. The maximum Gasteiger partial charge on any atom is 0.338 e. The lowest BCUT2D eigenvalue weighted by atomic mass is 10.2. The number of ether oxygens (including phenoxy) is 2. The van der Waals surface area contributed by atoms with Gasteiger partial charge in [-0.05, 0) is 67.4 Å². The van der Waals surface area contributed by atoms with Gasteiger partial charge in [-0.15, -0.1) is 0 Å². The molecule has 0 bridgehead atoms. The first kappa shape index (κ1) is 24.9. The predicted molar refractivity (Wildman–Crippen MR) is 128 cm³/mol. The van der Waals surface area contributed by atoms with Gasteiger partial charge in [-0.1, -0.05) is 30.3 Å². The molecule has 0 spiro atoms. The first-order valence-corrected chi connectivity index (χ1v) is 12.1. The summed E-state index contributed by atoms with van der Waals surface area (Å²) in [5, 5.41) is 2.68. The fourth-order valence-corrected chi connectivity index (χ4v) is 4.16. The average Bonchev–Trinajstić information content (AvgIpc) is 2.83. The summed E-state index contributed by atoms with van der Waals surface area (Å²) in [5.41, 5.74) is 2.32. The predicted octanol–water partition coefficient (Wildman–Crippen LogP) is 3.67. The molecule has 178 valence electrons. The monoisotopic (exact) mass is 482 g/mol. The van der Waals surface area contributed by atoms with Gasteiger partial charge in [0, 0.05) is 12.2 Å². The van der Waals surface area contributed by atoms with Crippen LogP contribution in [0.3, 0.4) is 0 Å². The smallest absolute Gasteiger partial charge is 0.338 e. The average molecular weight is 483 g/mol. The number of carbonyl (C=O) groups excluding carboxylic acids is 2. The summed E-state index contributed by atoms with van der Waals surface area (Å²) in [6.45, 7) is 3.63. The largest absolute Gasteiger partial charge is 0.483 e. The Morgan fingerprint density at radius 1 is 0.941 bits per heavy atom. The van der Waals surface area contributed by atoms with E-state index >= 15 is 0 Å². The normalized spacial score (nSPS) is 11.0. The van der Waals surface area contributed by atoms with Gasteiger partial charge in [0.25, 0.3) is 5.91 Å². The van der Waals surface area contributed by atoms with Gasteiger partial charge in [0.1, 0.15) is 5.75 Å². The van der Waals surface area contributed by atoms with Crippen LogP contribution < -0.4 is 14.8 Å². The quantitative estimate of drug-likeness (QED) is 0.427. The molecular formula is C25H26N2O6S. The number of esters is 1. The van der Waals surface area contributed by atoms with Crippen LogP contribution in [0.2, 0.25) is 0 Å². The Kier molecular flexibility index (Phi) is 8.39. The third-order valence-corrected chi connectivity index (χ3v) is 6.20. The molecule has 0 fully saturated rings. The molecule has 3 aromatic rings. The number of sulfonamides is 1. The third-order valence-electron chi connectivity index (χ3n) is 4.80. The van der Waals surface area contributed by atoms with E-state index in [0.717, 1.165) is 5.56 Å². The van der Waals surface area contributed by atoms with E-state index in [1.165, 1.54) is 18.2 Å². The molecule has 0 heterocycles. The minimum Gasteiger partial charge on any atom is -0.483 e. The highest BCUT2D eigenvalue weighted by Gasteiger charge is 2.16. The van der Waals surface area contributed by atoms with E-state index in [0.29, 0.717) is 22.6 Å². The van der Waals surface area contributed by atoms with Crippen molar-refractivity contribution in [3.05, 3.63) is 89.5 Å². The van der Waals surface area contributed by atoms with Gasteiger partial charge in [-0.2, -0.15) is 0 Å². The minimum absolute atomic E-state index is 0.111. The molecule has 8 nitrogen and oxygen atoms in total. The Morgan fingerprint density at radius 2 is 1.65 bits per heavy atom. The zero-order chi connectivity index (χ0) is 24.6. The molecule has 0 aromatic heterocycles. The van der Waals surface area contributed by atoms with Gasteiger partial charge >= 0.3 is 5.97 Å². The van der Waals surface area contributed by atoms with E-state index in [2.05, 4.69) is 10.0 Å². The molecule has 3 rings (SSSR count). The molecule has 9 heteroatoms. The van der Waals surface area contributed by atoms with Gasteiger partial charge in [-0.3, -0.25) is 4.79 Å². The number of hydrogen-bond acceptors (Lipinski definition) is 6. The SMILES string of the molecule is CCOC(=O)c1ccc(NC(=O)COc2ccc(S(=O)(=O)NCc3ccccc3)cc2C)cc1. The van der Waals surface area contributed by atoms with Crippen LogP contribution in [0.4, 0.5) is 5.69 Å². The molecule has 0 radical (unpaired) electrons. The van der Waals surface area contributed by atoms with Crippen molar-refractivity contribution >= 4 is 27.6 Å². The number of rotatable bonds is 10. The molecule has 1 amide bonds. The summed E-state index contributed by atoms with van der Waals surface area (Å²) in [4.78, 5) is 24.0. The second kappa shape index (κ2) is 11.4. The van der Waals surface area contributed by atoms with Gasteiger partial charge in [-0.25, -0.2) is 17.9 Å². The number of hydrogen-bond donors (Lipinski definition) is 2. The summed E-state index contributed by atoms with van der Waals surface area (Å²) < 4.78 is 38.2. The summed E-state index contributed by atoms with van der Waals surface area (Å²) in [6, 6.07) is 20.0. The highest BCUT2D eigenvalue weighted by Crippen LogP contribution is 2.22. The van der Waals surface area contributed by atoms with E-state index in [1.807, 2.05) is 30.3 Å². The number of nitrogens with one attached hydrogen (secondary N) is 2. The minimum atomic E-state index is -3.70. The van der Waals surface area contributed by atoms with Gasteiger partial charge in [0.2, 0.25) is 10.0 Å². The Hall–Kier alpha value is -3.69. The molecule has 0 aliphatic carbocycles.